The molecule has 0 unspecified atom stereocenters. The maximum absolute atomic E-state index is 12.6. The van der Waals surface area contributed by atoms with Crippen molar-refractivity contribution < 1.29 is 9.13 Å². The van der Waals surface area contributed by atoms with Crippen LogP contribution in [0.15, 0.2) is 30.9 Å². The van der Waals surface area contributed by atoms with Crippen molar-refractivity contribution in [3.8, 4) is 5.75 Å². The van der Waals surface area contributed by atoms with Gasteiger partial charge in [-0.1, -0.05) is 6.08 Å². The van der Waals surface area contributed by atoms with Gasteiger partial charge in [0.1, 0.15) is 12.4 Å². The number of methoxy groups -OCH3 is 1. The zero-order valence-corrected chi connectivity index (χ0v) is 12.8. The molecule has 0 atom stereocenters. The number of aryl methyl sites for hydroxylation is 1. The summed E-state index contributed by atoms with van der Waals surface area (Å²) in [7, 11) is 1.67. The summed E-state index contributed by atoms with van der Waals surface area (Å²) in [5.41, 5.74) is 3.55. The third-order valence-corrected chi connectivity index (χ3v) is 3.79. The van der Waals surface area contributed by atoms with Gasteiger partial charge in [-0.15, -0.1) is 6.58 Å². The fourth-order valence-electron chi connectivity index (χ4n) is 2.68. The van der Waals surface area contributed by atoms with Crippen LogP contribution in [0.4, 0.5) is 4.39 Å². The Labute approximate surface area is 125 Å². The Hall–Kier alpha value is -1.81. The molecule has 0 saturated carbocycles. The molecule has 2 rings (SSSR count). The van der Waals surface area contributed by atoms with Crippen molar-refractivity contribution >= 4 is 10.9 Å². The smallest absolute Gasteiger partial charge is 0.119 e. The Kier molecular flexibility index (Phi) is 5.39. The van der Waals surface area contributed by atoms with Gasteiger partial charge in [0, 0.05) is 36.2 Å². The lowest BCUT2D eigenvalue weighted by Crippen LogP contribution is -2.28. The normalized spacial score (nSPS) is 11.2. The predicted molar refractivity (Wildman–Crippen MR) is 85.9 cm³/mol. The number of nitrogens with zero attached hydrogens (tertiary/aromatic N) is 1. The second-order valence-corrected chi connectivity index (χ2v) is 5.17. The van der Waals surface area contributed by atoms with E-state index in [1.165, 1.54) is 10.9 Å². The Morgan fingerprint density at radius 3 is 2.86 bits per heavy atom. The number of halogens is 1. The molecule has 0 amide bonds. The van der Waals surface area contributed by atoms with Crippen molar-refractivity contribution in [2.24, 2.45) is 0 Å². The molecule has 0 aliphatic heterocycles. The molecule has 114 valence electrons. The van der Waals surface area contributed by atoms with Crippen molar-refractivity contribution in [1.82, 2.24) is 9.88 Å². The predicted octanol–water partition coefficient (Wildman–Crippen LogP) is 3.48. The van der Waals surface area contributed by atoms with E-state index in [1.54, 1.807) is 7.11 Å². The fourth-order valence-corrected chi connectivity index (χ4v) is 2.68. The summed E-state index contributed by atoms with van der Waals surface area (Å²) < 4.78 is 17.9. The number of nitrogens with one attached hydrogen (secondary N) is 1. The molecule has 1 N–H and O–H groups in total. The van der Waals surface area contributed by atoms with Crippen LogP contribution >= 0.6 is 0 Å². The van der Waals surface area contributed by atoms with E-state index in [4.69, 9.17) is 4.74 Å². The van der Waals surface area contributed by atoms with Gasteiger partial charge in [0.25, 0.3) is 0 Å². The summed E-state index contributed by atoms with van der Waals surface area (Å²) in [6.07, 6.45) is 2.70. The topological polar surface area (TPSA) is 28.3 Å². The minimum atomic E-state index is -0.325. The Morgan fingerprint density at radius 1 is 1.38 bits per heavy atom. The molecular weight excluding hydrogens is 267 g/mol. The Balaban J connectivity index is 2.20. The lowest BCUT2D eigenvalue weighted by Gasteiger charge is -2.18. The SMILES string of the molecule is C=CCN(CCF)CCc1c(C)[nH]c2ccc(OC)cc12. The number of ether oxygens (including phenoxy) is 1. The highest BCUT2D eigenvalue weighted by atomic mass is 19.1. The number of H-pyrrole nitrogens is 1. The third-order valence-electron chi connectivity index (χ3n) is 3.79. The Morgan fingerprint density at radius 2 is 2.19 bits per heavy atom. The highest BCUT2D eigenvalue weighted by Gasteiger charge is 2.11. The lowest BCUT2D eigenvalue weighted by atomic mass is 10.1. The maximum Gasteiger partial charge on any atom is 0.119 e. The van der Waals surface area contributed by atoms with Crippen molar-refractivity contribution in [1.29, 1.82) is 0 Å². The standard InChI is InChI=1S/C17H23FN2O/c1-4-9-20(11-8-18)10-7-15-13(2)19-17-6-5-14(21-3)12-16(15)17/h4-6,12,19H,1,7-11H2,2-3H3. The van der Waals surface area contributed by atoms with Crippen molar-refractivity contribution in [3.63, 3.8) is 0 Å². The third kappa shape index (κ3) is 3.64. The number of rotatable bonds is 8. The first-order chi connectivity index (χ1) is 10.2. The molecule has 2 aromatic rings. The zero-order valence-electron chi connectivity index (χ0n) is 12.8. The van der Waals surface area contributed by atoms with E-state index < -0.39 is 0 Å². The minimum absolute atomic E-state index is 0.325. The van der Waals surface area contributed by atoms with Crippen LogP contribution in [-0.4, -0.2) is 43.3 Å². The number of hydrogen-bond donors (Lipinski definition) is 1. The van der Waals surface area contributed by atoms with E-state index in [2.05, 4.69) is 29.5 Å². The lowest BCUT2D eigenvalue weighted by molar-refractivity contribution is 0.273. The van der Waals surface area contributed by atoms with Gasteiger partial charge in [-0.2, -0.15) is 0 Å². The van der Waals surface area contributed by atoms with Gasteiger partial charge in [0.2, 0.25) is 0 Å². The first-order valence-corrected chi connectivity index (χ1v) is 7.24. The molecule has 1 aromatic carbocycles. The monoisotopic (exact) mass is 290 g/mol. The molecule has 0 spiro atoms. The first-order valence-electron chi connectivity index (χ1n) is 7.24. The molecule has 0 radical (unpaired) electrons. The maximum atomic E-state index is 12.6. The first kappa shape index (κ1) is 15.6. The summed E-state index contributed by atoms with van der Waals surface area (Å²) in [6, 6.07) is 6.05. The zero-order chi connectivity index (χ0) is 15.2. The molecule has 0 aliphatic rings. The van der Waals surface area contributed by atoms with E-state index in [0.29, 0.717) is 13.1 Å². The number of aromatic amines is 1. The van der Waals surface area contributed by atoms with E-state index in [9.17, 15) is 4.39 Å². The van der Waals surface area contributed by atoms with Gasteiger partial charge < -0.3 is 9.72 Å². The van der Waals surface area contributed by atoms with Gasteiger partial charge in [0.05, 0.1) is 7.11 Å². The molecule has 21 heavy (non-hydrogen) atoms. The molecule has 0 saturated heterocycles. The van der Waals surface area contributed by atoms with E-state index >= 15 is 0 Å². The van der Waals surface area contributed by atoms with Gasteiger partial charge in [-0.25, -0.2) is 4.39 Å². The molecule has 4 heteroatoms. The quantitative estimate of drug-likeness (QED) is 0.754. The molecular formula is C17H23FN2O. The number of alkyl halides is 1. The molecule has 3 nitrogen and oxygen atoms in total. The average molecular weight is 290 g/mol. The van der Waals surface area contributed by atoms with Crippen LogP contribution in [0.2, 0.25) is 0 Å². The highest BCUT2D eigenvalue weighted by Crippen LogP contribution is 2.26. The van der Waals surface area contributed by atoms with Gasteiger partial charge in [0.15, 0.2) is 0 Å². The second kappa shape index (κ2) is 7.27. The fraction of sp³-hybridized carbons (Fsp3) is 0.412. The van der Waals surface area contributed by atoms with Crippen LogP contribution in [0.5, 0.6) is 5.75 Å². The van der Waals surface area contributed by atoms with Crippen LogP contribution in [0.1, 0.15) is 11.3 Å². The summed E-state index contributed by atoms with van der Waals surface area (Å²) in [5.74, 6) is 0.856. The van der Waals surface area contributed by atoms with Crippen LogP contribution in [0.3, 0.4) is 0 Å². The average Bonchev–Trinajstić information content (AvgIpc) is 2.79. The van der Waals surface area contributed by atoms with Gasteiger partial charge in [-0.3, -0.25) is 4.90 Å². The number of aromatic nitrogens is 1. The van der Waals surface area contributed by atoms with Gasteiger partial charge in [-0.05, 0) is 37.1 Å². The van der Waals surface area contributed by atoms with E-state index in [1.807, 2.05) is 18.2 Å². The van der Waals surface area contributed by atoms with Crippen LogP contribution in [-0.2, 0) is 6.42 Å². The molecule has 0 bridgehead atoms. The largest absolute Gasteiger partial charge is 0.497 e. The van der Waals surface area contributed by atoms with Crippen molar-refractivity contribution in [2.75, 3.05) is 33.4 Å². The van der Waals surface area contributed by atoms with Gasteiger partial charge >= 0.3 is 0 Å². The van der Waals surface area contributed by atoms with Crippen molar-refractivity contribution in [2.45, 2.75) is 13.3 Å². The molecule has 1 aromatic heterocycles. The minimum Gasteiger partial charge on any atom is -0.497 e. The summed E-state index contributed by atoms with van der Waals surface area (Å²) in [5, 5.41) is 1.19. The van der Waals surface area contributed by atoms with Crippen LogP contribution < -0.4 is 4.74 Å². The van der Waals surface area contributed by atoms with E-state index in [0.717, 1.165) is 29.9 Å². The molecule has 0 aliphatic carbocycles. The number of fused-ring (bicyclic) bond motifs is 1. The molecule has 1 heterocycles. The number of benzene rings is 1. The van der Waals surface area contributed by atoms with Crippen LogP contribution in [0.25, 0.3) is 10.9 Å². The summed E-state index contributed by atoms with van der Waals surface area (Å²) >= 11 is 0. The summed E-state index contributed by atoms with van der Waals surface area (Å²) in [4.78, 5) is 5.47. The van der Waals surface area contributed by atoms with E-state index in [-0.39, 0.29) is 6.67 Å². The number of hydrogen-bond acceptors (Lipinski definition) is 2. The summed E-state index contributed by atoms with van der Waals surface area (Å²) in [6.45, 7) is 7.48. The highest BCUT2D eigenvalue weighted by molar-refractivity contribution is 5.86. The van der Waals surface area contributed by atoms with Crippen molar-refractivity contribution in [3.05, 3.63) is 42.1 Å². The second-order valence-electron chi connectivity index (χ2n) is 5.17. The van der Waals surface area contributed by atoms with Crippen LogP contribution in [0, 0.1) is 6.92 Å². The Bertz CT molecular complexity index is 606. The molecule has 0 fully saturated rings.